The summed E-state index contributed by atoms with van der Waals surface area (Å²) in [6.07, 6.45) is 10.0. The van der Waals surface area contributed by atoms with Gasteiger partial charge in [0.05, 0.1) is 30.9 Å². The standard InChI is InChI=1S/C19H26N4O/c1-2-7-21-18(6-1)14-24-13-17-10-22(9-16-4-3-5-16)12-19-8-20-15-23(19)11-17/h1-2,6-8,15-17H,3-5,9-14H2. The van der Waals surface area contributed by atoms with Crippen LogP contribution in [0.1, 0.15) is 30.7 Å². The zero-order chi connectivity index (χ0) is 16.2. The molecule has 0 radical (unpaired) electrons. The van der Waals surface area contributed by atoms with E-state index in [1.54, 1.807) is 0 Å². The van der Waals surface area contributed by atoms with E-state index in [0.717, 1.165) is 37.9 Å². The SMILES string of the molecule is c1ccc(COCC2CN(CC3CCC3)Cc3cncn3C2)nc1. The zero-order valence-corrected chi connectivity index (χ0v) is 14.2. The molecule has 5 heteroatoms. The van der Waals surface area contributed by atoms with Crippen molar-refractivity contribution < 1.29 is 4.74 Å². The molecule has 3 heterocycles. The predicted molar refractivity (Wildman–Crippen MR) is 92.2 cm³/mol. The van der Waals surface area contributed by atoms with Crippen LogP contribution >= 0.6 is 0 Å². The summed E-state index contributed by atoms with van der Waals surface area (Å²) in [5.41, 5.74) is 2.34. The average Bonchev–Trinajstić information content (AvgIpc) is 2.91. The number of hydrogen-bond donors (Lipinski definition) is 0. The summed E-state index contributed by atoms with van der Waals surface area (Å²) in [6.45, 7) is 5.72. The Hall–Kier alpha value is -1.72. The monoisotopic (exact) mass is 326 g/mol. The van der Waals surface area contributed by atoms with Gasteiger partial charge in [0, 0.05) is 44.5 Å². The van der Waals surface area contributed by atoms with Gasteiger partial charge in [-0.1, -0.05) is 12.5 Å². The summed E-state index contributed by atoms with van der Waals surface area (Å²) >= 11 is 0. The highest BCUT2D eigenvalue weighted by Gasteiger charge is 2.26. The van der Waals surface area contributed by atoms with Crippen molar-refractivity contribution in [3.63, 3.8) is 0 Å². The molecule has 0 amide bonds. The minimum Gasteiger partial charge on any atom is -0.375 e. The topological polar surface area (TPSA) is 43.2 Å². The van der Waals surface area contributed by atoms with Crippen LogP contribution in [0.5, 0.6) is 0 Å². The molecule has 1 saturated carbocycles. The quantitative estimate of drug-likeness (QED) is 0.819. The van der Waals surface area contributed by atoms with Crippen LogP contribution < -0.4 is 0 Å². The molecule has 2 aliphatic rings. The van der Waals surface area contributed by atoms with Gasteiger partial charge in [0.2, 0.25) is 0 Å². The number of ether oxygens (including phenoxy) is 1. The first-order chi connectivity index (χ1) is 11.9. The van der Waals surface area contributed by atoms with Gasteiger partial charge in [-0.25, -0.2) is 4.98 Å². The molecule has 24 heavy (non-hydrogen) atoms. The first-order valence-corrected chi connectivity index (χ1v) is 9.06. The molecular formula is C19H26N4O. The minimum atomic E-state index is 0.504. The lowest BCUT2D eigenvalue weighted by atomic mass is 9.85. The molecule has 4 rings (SSSR count). The Morgan fingerprint density at radius 1 is 1.17 bits per heavy atom. The molecule has 1 aliphatic carbocycles. The van der Waals surface area contributed by atoms with Crippen LogP contribution in [0.15, 0.2) is 36.9 Å². The molecule has 0 spiro atoms. The summed E-state index contributed by atoms with van der Waals surface area (Å²) in [6, 6.07) is 5.97. The third kappa shape index (κ3) is 3.84. The first kappa shape index (κ1) is 15.8. The molecule has 2 aromatic rings. The molecule has 0 N–H and O–H groups in total. The fourth-order valence-electron chi connectivity index (χ4n) is 3.74. The molecular weight excluding hydrogens is 300 g/mol. The lowest BCUT2D eigenvalue weighted by Gasteiger charge is -2.32. The number of fused-ring (bicyclic) bond motifs is 1. The van der Waals surface area contributed by atoms with Gasteiger partial charge < -0.3 is 9.30 Å². The summed E-state index contributed by atoms with van der Waals surface area (Å²) in [5, 5.41) is 0. The summed E-state index contributed by atoms with van der Waals surface area (Å²) < 4.78 is 8.28. The second-order valence-corrected chi connectivity index (χ2v) is 7.23. The van der Waals surface area contributed by atoms with E-state index in [9.17, 15) is 0 Å². The van der Waals surface area contributed by atoms with Gasteiger partial charge in [0.25, 0.3) is 0 Å². The molecule has 0 bridgehead atoms. The number of nitrogens with zero attached hydrogens (tertiary/aromatic N) is 4. The number of pyridine rings is 1. The fourth-order valence-corrected chi connectivity index (χ4v) is 3.74. The Morgan fingerprint density at radius 2 is 2.12 bits per heavy atom. The summed E-state index contributed by atoms with van der Waals surface area (Å²) in [5.74, 6) is 1.40. The van der Waals surface area contributed by atoms with Crippen molar-refractivity contribution >= 4 is 0 Å². The molecule has 0 saturated heterocycles. The minimum absolute atomic E-state index is 0.504. The van der Waals surface area contributed by atoms with E-state index < -0.39 is 0 Å². The molecule has 1 aliphatic heterocycles. The number of aromatic nitrogens is 3. The molecule has 1 unspecified atom stereocenters. The highest BCUT2D eigenvalue weighted by molar-refractivity contribution is 5.02. The maximum Gasteiger partial charge on any atom is 0.0948 e. The van der Waals surface area contributed by atoms with Crippen LogP contribution in [-0.2, 0) is 24.4 Å². The van der Waals surface area contributed by atoms with Gasteiger partial charge in [0.15, 0.2) is 0 Å². The normalized spacial score (nSPS) is 21.9. The lowest BCUT2D eigenvalue weighted by Crippen LogP contribution is -2.36. The highest BCUT2D eigenvalue weighted by Crippen LogP contribution is 2.28. The Bertz CT molecular complexity index is 638. The van der Waals surface area contributed by atoms with Gasteiger partial charge in [-0.05, 0) is 30.9 Å². The molecule has 2 aromatic heterocycles. The van der Waals surface area contributed by atoms with E-state index in [4.69, 9.17) is 4.74 Å². The van der Waals surface area contributed by atoms with Crippen molar-refractivity contribution in [2.75, 3.05) is 19.7 Å². The van der Waals surface area contributed by atoms with Crippen molar-refractivity contribution in [3.8, 4) is 0 Å². The Balaban J connectivity index is 1.36. The fraction of sp³-hybridized carbons (Fsp3) is 0.579. The lowest BCUT2D eigenvalue weighted by molar-refractivity contribution is 0.0601. The number of imidazole rings is 1. The van der Waals surface area contributed by atoms with Crippen molar-refractivity contribution in [2.24, 2.45) is 11.8 Å². The second-order valence-electron chi connectivity index (χ2n) is 7.23. The molecule has 5 nitrogen and oxygen atoms in total. The van der Waals surface area contributed by atoms with Gasteiger partial charge in [-0.2, -0.15) is 0 Å². The highest BCUT2D eigenvalue weighted by atomic mass is 16.5. The van der Waals surface area contributed by atoms with Crippen LogP contribution in [0, 0.1) is 11.8 Å². The maximum atomic E-state index is 5.98. The Labute approximate surface area is 143 Å². The van der Waals surface area contributed by atoms with Crippen molar-refractivity contribution in [3.05, 3.63) is 48.3 Å². The van der Waals surface area contributed by atoms with E-state index >= 15 is 0 Å². The van der Waals surface area contributed by atoms with E-state index in [-0.39, 0.29) is 0 Å². The zero-order valence-electron chi connectivity index (χ0n) is 14.2. The summed E-state index contributed by atoms with van der Waals surface area (Å²) in [7, 11) is 0. The van der Waals surface area contributed by atoms with Crippen LogP contribution in [0.2, 0.25) is 0 Å². The van der Waals surface area contributed by atoms with Gasteiger partial charge in [-0.3, -0.25) is 9.88 Å². The van der Waals surface area contributed by atoms with Crippen LogP contribution in [-0.4, -0.2) is 39.1 Å². The van der Waals surface area contributed by atoms with E-state index in [0.29, 0.717) is 12.5 Å². The van der Waals surface area contributed by atoms with Crippen LogP contribution in [0.3, 0.4) is 0 Å². The largest absolute Gasteiger partial charge is 0.375 e. The third-order valence-corrected chi connectivity index (χ3v) is 5.23. The molecule has 128 valence electrons. The van der Waals surface area contributed by atoms with Gasteiger partial charge in [0.1, 0.15) is 0 Å². The third-order valence-electron chi connectivity index (χ3n) is 5.23. The van der Waals surface area contributed by atoms with E-state index in [2.05, 4.69) is 19.4 Å². The van der Waals surface area contributed by atoms with Gasteiger partial charge >= 0.3 is 0 Å². The van der Waals surface area contributed by atoms with Crippen molar-refractivity contribution in [1.29, 1.82) is 0 Å². The van der Waals surface area contributed by atoms with E-state index in [1.807, 2.05) is 36.9 Å². The molecule has 1 atom stereocenters. The molecule has 0 aromatic carbocycles. The van der Waals surface area contributed by atoms with Crippen LogP contribution in [0.4, 0.5) is 0 Å². The average molecular weight is 326 g/mol. The molecule has 1 fully saturated rings. The van der Waals surface area contributed by atoms with Crippen molar-refractivity contribution in [1.82, 2.24) is 19.4 Å². The maximum absolute atomic E-state index is 5.98. The Kier molecular flexibility index (Phi) is 4.90. The smallest absolute Gasteiger partial charge is 0.0948 e. The first-order valence-electron chi connectivity index (χ1n) is 9.06. The van der Waals surface area contributed by atoms with Crippen molar-refractivity contribution in [2.45, 2.75) is 39.0 Å². The van der Waals surface area contributed by atoms with Gasteiger partial charge in [-0.15, -0.1) is 0 Å². The Morgan fingerprint density at radius 3 is 2.92 bits per heavy atom. The summed E-state index contributed by atoms with van der Waals surface area (Å²) in [4.78, 5) is 11.3. The number of hydrogen-bond acceptors (Lipinski definition) is 4. The second kappa shape index (κ2) is 7.45. The van der Waals surface area contributed by atoms with Crippen LogP contribution in [0.25, 0.3) is 0 Å². The predicted octanol–water partition coefficient (Wildman–Crippen LogP) is 2.73. The van der Waals surface area contributed by atoms with E-state index in [1.165, 1.54) is 31.5 Å². The number of rotatable bonds is 6.